The number of anilines is 1. The zero-order valence-electron chi connectivity index (χ0n) is 11.5. The van der Waals surface area contributed by atoms with E-state index in [0.29, 0.717) is 17.6 Å². The van der Waals surface area contributed by atoms with E-state index in [1.807, 2.05) is 11.9 Å². The number of methoxy groups -OCH3 is 1. The van der Waals surface area contributed by atoms with E-state index in [-0.39, 0.29) is 11.7 Å². The molecule has 0 N–H and O–H groups in total. The second kappa shape index (κ2) is 5.73. The third kappa shape index (κ3) is 2.79. The summed E-state index contributed by atoms with van der Waals surface area (Å²) in [5.41, 5.74) is 2.10. The first-order valence-corrected chi connectivity index (χ1v) is 6.31. The third-order valence-corrected chi connectivity index (χ3v) is 3.35. The molecule has 20 heavy (non-hydrogen) atoms. The van der Waals surface area contributed by atoms with E-state index in [9.17, 15) is 14.9 Å². The lowest BCUT2D eigenvalue weighted by molar-refractivity contribution is -0.384. The van der Waals surface area contributed by atoms with Crippen molar-refractivity contribution in [2.24, 2.45) is 0 Å². The molecule has 0 saturated heterocycles. The van der Waals surface area contributed by atoms with Crippen LogP contribution >= 0.6 is 0 Å². The fraction of sp³-hybridized carbons (Fsp3) is 0.357. The van der Waals surface area contributed by atoms with Gasteiger partial charge in [0.25, 0.3) is 5.69 Å². The molecule has 1 heterocycles. The number of non-ortho nitro benzene ring substituents is 1. The Morgan fingerprint density at radius 2 is 2.20 bits per heavy atom. The summed E-state index contributed by atoms with van der Waals surface area (Å²) in [5.74, 6) is -0.382. The van der Waals surface area contributed by atoms with E-state index in [0.717, 1.165) is 18.7 Å². The molecule has 0 saturated carbocycles. The molecule has 6 nitrogen and oxygen atoms in total. The smallest absolute Gasteiger partial charge is 0.333 e. The van der Waals surface area contributed by atoms with Crippen LogP contribution in [0.2, 0.25) is 0 Å². The first kappa shape index (κ1) is 14.0. The zero-order chi connectivity index (χ0) is 14.7. The first-order chi connectivity index (χ1) is 9.52. The van der Waals surface area contributed by atoms with Crippen molar-refractivity contribution in [2.45, 2.75) is 12.8 Å². The van der Waals surface area contributed by atoms with Gasteiger partial charge in [-0.1, -0.05) is 0 Å². The molecule has 0 amide bonds. The lowest BCUT2D eigenvalue weighted by Crippen LogP contribution is -2.21. The van der Waals surface area contributed by atoms with Crippen LogP contribution in [0.5, 0.6) is 0 Å². The Kier molecular flexibility index (Phi) is 4.02. The number of hydrogen-bond donors (Lipinski definition) is 0. The number of esters is 1. The van der Waals surface area contributed by atoms with Gasteiger partial charge in [0.1, 0.15) is 0 Å². The summed E-state index contributed by atoms with van der Waals surface area (Å²) in [4.78, 5) is 24.2. The number of nitro benzene ring substituents is 1. The summed E-state index contributed by atoms with van der Waals surface area (Å²) in [6.45, 7) is 0.777. The Labute approximate surface area is 116 Å². The fourth-order valence-electron chi connectivity index (χ4n) is 2.30. The van der Waals surface area contributed by atoms with Crippen molar-refractivity contribution < 1.29 is 14.5 Å². The van der Waals surface area contributed by atoms with Crippen LogP contribution in [0.3, 0.4) is 0 Å². The van der Waals surface area contributed by atoms with E-state index >= 15 is 0 Å². The molecule has 1 aliphatic heterocycles. The number of nitro groups is 1. The van der Waals surface area contributed by atoms with Crippen molar-refractivity contribution in [1.29, 1.82) is 0 Å². The highest BCUT2D eigenvalue weighted by atomic mass is 16.6. The number of carbonyl (C=O) groups excluding carboxylic acids is 1. The van der Waals surface area contributed by atoms with E-state index < -0.39 is 4.92 Å². The number of benzene rings is 1. The summed E-state index contributed by atoms with van der Waals surface area (Å²) in [7, 11) is 3.27. The van der Waals surface area contributed by atoms with Crippen molar-refractivity contribution in [3.05, 3.63) is 39.4 Å². The molecule has 0 radical (unpaired) electrons. The van der Waals surface area contributed by atoms with Crippen LogP contribution in [-0.4, -0.2) is 31.6 Å². The molecule has 1 aromatic rings. The molecule has 6 heteroatoms. The van der Waals surface area contributed by atoms with Gasteiger partial charge in [0, 0.05) is 42.5 Å². The van der Waals surface area contributed by atoms with Gasteiger partial charge in [-0.25, -0.2) is 4.79 Å². The van der Waals surface area contributed by atoms with Gasteiger partial charge < -0.3 is 9.64 Å². The van der Waals surface area contributed by atoms with E-state index in [4.69, 9.17) is 4.74 Å². The van der Waals surface area contributed by atoms with Crippen LogP contribution in [0.15, 0.2) is 23.8 Å². The van der Waals surface area contributed by atoms with Crippen molar-refractivity contribution in [3.8, 4) is 0 Å². The summed E-state index contributed by atoms with van der Waals surface area (Å²) < 4.78 is 4.75. The standard InChI is InChI=1S/C14H16N2O4/c1-15-7-3-4-10(14(17)20-2)8-11-9-12(16(18)19)5-6-13(11)15/h5-6,8-9H,3-4,7H2,1-2H3. The number of fused-ring (bicyclic) bond motifs is 1. The quantitative estimate of drug-likeness (QED) is 0.471. The maximum atomic E-state index is 11.7. The Bertz CT molecular complexity index is 581. The summed E-state index contributed by atoms with van der Waals surface area (Å²) >= 11 is 0. The van der Waals surface area contributed by atoms with Crippen LogP contribution in [0.25, 0.3) is 6.08 Å². The van der Waals surface area contributed by atoms with E-state index in [2.05, 4.69) is 0 Å². The fourth-order valence-corrected chi connectivity index (χ4v) is 2.30. The van der Waals surface area contributed by atoms with Crippen molar-refractivity contribution >= 4 is 23.4 Å². The minimum Gasteiger partial charge on any atom is -0.466 e. The van der Waals surface area contributed by atoms with Crippen LogP contribution < -0.4 is 4.90 Å². The maximum Gasteiger partial charge on any atom is 0.333 e. The van der Waals surface area contributed by atoms with Crippen molar-refractivity contribution in [2.75, 3.05) is 25.6 Å². The molecule has 0 aromatic heterocycles. The van der Waals surface area contributed by atoms with Gasteiger partial charge in [0.2, 0.25) is 0 Å². The number of carbonyl (C=O) groups is 1. The molecule has 0 fully saturated rings. The highest BCUT2D eigenvalue weighted by Gasteiger charge is 2.18. The molecular weight excluding hydrogens is 260 g/mol. The number of nitrogens with zero attached hydrogens (tertiary/aromatic N) is 2. The monoisotopic (exact) mass is 276 g/mol. The molecule has 0 aliphatic carbocycles. The number of rotatable bonds is 2. The Morgan fingerprint density at radius 1 is 1.45 bits per heavy atom. The van der Waals surface area contributed by atoms with Crippen molar-refractivity contribution in [3.63, 3.8) is 0 Å². The predicted molar refractivity (Wildman–Crippen MR) is 75.6 cm³/mol. The van der Waals surface area contributed by atoms with Gasteiger partial charge in [-0.15, -0.1) is 0 Å². The zero-order valence-corrected chi connectivity index (χ0v) is 11.5. The van der Waals surface area contributed by atoms with Crippen LogP contribution in [0, 0.1) is 10.1 Å². The van der Waals surface area contributed by atoms with Crippen LogP contribution in [0.1, 0.15) is 18.4 Å². The summed E-state index contributed by atoms with van der Waals surface area (Å²) in [6.07, 6.45) is 3.11. The van der Waals surface area contributed by atoms with Crippen LogP contribution in [-0.2, 0) is 9.53 Å². The Morgan fingerprint density at radius 3 is 2.85 bits per heavy atom. The Hall–Kier alpha value is -2.37. The molecule has 1 aromatic carbocycles. The largest absolute Gasteiger partial charge is 0.466 e. The predicted octanol–water partition coefficient (Wildman–Crippen LogP) is 2.38. The highest BCUT2D eigenvalue weighted by Crippen LogP contribution is 2.30. The molecular formula is C14H16N2O4. The maximum absolute atomic E-state index is 11.7. The average Bonchev–Trinajstić information content (AvgIpc) is 2.42. The minimum absolute atomic E-state index is 0.0122. The average molecular weight is 276 g/mol. The first-order valence-electron chi connectivity index (χ1n) is 6.31. The topological polar surface area (TPSA) is 72.7 Å². The van der Waals surface area contributed by atoms with Gasteiger partial charge in [-0.2, -0.15) is 0 Å². The van der Waals surface area contributed by atoms with E-state index in [1.165, 1.54) is 19.2 Å². The highest BCUT2D eigenvalue weighted by molar-refractivity contribution is 5.95. The second-order valence-electron chi connectivity index (χ2n) is 4.69. The Balaban J connectivity index is 2.54. The molecule has 106 valence electrons. The lowest BCUT2D eigenvalue weighted by atomic mass is 10.0. The molecule has 0 bridgehead atoms. The second-order valence-corrected chi connectivity index (χ2v) is 4.69. The number of ether oxygens (including phenoxy) is 1. The van der Waals surface area contributed by atoms with Gasteiger partial charge in [0.05, 0.1) is 12.0 Å². The minimum atomic E-state index is -0.440. The number of hydrogen-bond acceptors (Lipinski definition) is 5. The van der Waals surface area contributed by atoms with Crippen molar-refractivity contribution in [1.82, 2.24) is 0 Å². The molecule has 0 unspecified atom stereocenters. The molecule has 0 spiro atoms. The normalized spacial score (nSPS) is 14.7. The SMILES string of the molecule is COC(=O)C1=Cc2cc([N+](=O)[O-])ccc2N(C)CCC1. The molecule has 1 aliphatic rings. The van der Waals surface area contributed by atoms with Gasteiger partial charge in [-0.3, -0.25) is 10.1 Å². The van der Waals surface area contributed by atoms with E-state index in [1.54, 1.807) is 12.1 Å². The van der Waals surface area contributed by atoms with Gasteiger partial charge >= 0.3 is 5.97 Å². The van der Waals surface area contributed by atoms with Crippen LogP contribution in [0.4, 0.5) is 11.4 Å². The molecule has 2 rings (SSSR count). The van der Waals surface area contributed by atoms with Gasteiger partial charge in [-0.05, 0) is 25.0 Å². The van der Waals surface area contributed by atoms with Gasteiger partial charge in [0.15, 0.2) is 0 Å². The summed E-state index contributed by atoms with van der Waals surface area (Å²) in [5, 5.41) is 10.9. The molecule has 0 atom stereocenters. The summed E-state index contributed by atoms with van der Waals surface area (Å²) in [6, 6.07) is 4.67. The third-order valence-electron chi connectivity index (χ3n) is 3.35. The lowest BCUT2D eigenvalue weighted by Gasteiger charge is -2.24.